The molecule has 0 saturated heterocycles. The largest absolute Gasteiger partial charge is 0.310 e. The highest BCUT2D eigenvalue weighted by Gasteiger charge is 2.51. The van der Waals surface area contributed by atoms with E-state index in [1.165, 1.54) is 116 Å². The van der Waals surface area contributed by atoms with Crippen LogP contribution in [0.5, 0.6) is 0 Å². The summed E-state index contributed by atoms with van der Waals surface area (Å²) in [6.45, 7) is 0. The standard InChI is InChI=1S/C79H52N2/c1-4-21-53(22-5-1)56-39-42-61(43-40-56)80(63-44-45-70-69-33-14-18-37-75(69)79(76(70)52-63)73-35-16-12-31-67(73)68-32-13-17-36-74(68)79)62-28-20-27-57(48-62)65-29-10-11-30-66(65)58-41-46-78-72(51-58)71-34-15-19-38-77(71)81(78)64-49-59(54-23-6-2-7-24-54)47-60(50-64)55-25-8-3-9-26-55/h1-52H. The van der Waals surface area contributed by atoms with Crippen molar-refractivity contribution in [2.75, 3.05) is 4.90 Å². The van der Waals surface area contributed by atoms with Gasteiger partial charge in [0.15, 0.2) is 0 Å². The van der Waals surface area contributed by atoms with Gasteiger partial charge in [0.25, 0.3) is 0 Å². The number of para-hydroxylation sites is 1. The van der Waals surface area contributed by atoms with Crippen molar-refractivity contribution in [1.29, 1.82) is 0 Å². The van der Waals surface area contributed by atoms with E-state index in [9.17, 15) is 0 Å². The molecule has 0 saturated carbocycles. The van der Waals surface area contributed by atoms with Crippen LogP contribution in [0, 0.1) is 0 Å². The average molecular weight is 1030 g/mol. The van der Waals surface area contributed by atoms with E-state index in [1.54, 1.807) is 0 Å². The number of rotatable bonds is 9. The smallest absolute Gasteiger partial charge is 0.0726 e. The molecule has 16 rings (SSSR count). The van der Waals surface area contributed by atoms with E-state index < -0.39 is 5.41 Å². The van der Waals surface area contributed by atoms with Crippen molar-refractivity contribution in [3.05, 3.63) is 338 Å². The van der Waals surface area contributed by atoms with Gasteiger partial charge in [-0.2, -0.15) is 0 Å². The molecule has 13 aromatic carbocycles. The average Bonchev–Trinajstić information content (AvgIpc) is 2.94. The summed E-state index contributed by atoms with van der Waals surface area (Å²) in [6, 6.07) is 117. The van der Waals surface area contributed by atoms with Crippen molar-refractivity contribution in [2.24, 2.45) is 0 Å². The molecule has 1 spiro atoms. The minimum absolute atomic E-state index is 0.469. The lowest BCUT2D eigenvalue weighted by Gasteiger charge is -2.32. The number of hydrogen-bond donors (Lipinski definition) is 0. The molecule has 0 unspecified atom stereocenters. The van der Waals surface area contributed by atoms with Crippen LogP contribution < -0.4 is 4.90 Å². The van der Waals surface area contributed by atoms with Crippen LogP contribution in [0.1, 0.15) is 22.3 Å². The van der Waals surface area contributed by atoms with E-state index in [0.29, 0.717) is 0 Å². The van der Waals surface area contributed by atoms with Crippen LogP contribution >= 0.6 is 0 Å². The Hall–Kier alpha value is -10.5. The monoisotopic (exact) mass is 1030 g/mol. The van der Waals surface area contributed by atoms with Crippen molar-refractivity contribution in [3.8, 4) is 83.6 Å². The first-order valence-electron chi connectivity index (χ1n) is 28.1. The van der Waals surface area contributed by atoms with Gasteiger partial charge in [0.1, 0.15) is 0 Å². The number of nitrogens with zero attached hydrogens (tertiary/aromatic N) is 2. The molecule has 0 atom stereocenters. The first-order chi connectivity index (χ1) is 40.2. The van der Waals surface area contributed by atoms with Crippen LogP contribution in [0.15, 0.2) is 315 Å². The highest BCUT2D eigenvalue weighted by Crippen LogP contribution is 2.63. The Labute approximate surface area is 472 Å². The Morgan fingerprint density at radius 3 is 1.23 bits per heavy atom. The quantitative estimate of drug-likeness (QED) is 0.140. The van der Waals surface area contributed by atoms with Gasteiger partial charge in [-0.3, -0.25) is 0 Å². The molecule has 0 amide bonds. The molecule has 81 heavy (non-hydrogen) atoms. The lowest BCUT2D eigenvalue weighted by Crippen LogP contribution is -2.26. The van der Waals surface area contributed by atoms with Gasteiger partial charge in [0.2, 0.25) is 0 Å². The summed E-state index contributed by atoms with van der Waals surface area (Å²) in [5.74, 6) is 0. The van der Waals surface area contributed by atoms with Gasteiger partial charge in [-0.05, 0) is 173 Å². The van der Waals surface area contributed by atoms with Crippen LogP contribution in [-0.4, -0.2) is 4.57 Å². The maximum Gasteiger partial charge on any atom is 0.0726 e. The van der Waals surface area contributed by atoms with E-state index >= 15 is 0 Å². The fraction of sp³-hybridized carbons (Fsp3) is 0.0127. The normalized spacial score (nSPS) is 12.5. The molecule has 2 heteroatoms. The van der Waals surface area contributed by atoms with Crippen LogP contribution in [0.4, 0.5) is 17.1 Å². The number of aromatic nitrogens is 1. The van der Waals surface area contributed by atoms with E-state index in [-0.39, 0.29) is 0 Å². The van der Waals surface area contributed by atoms with Gasteiger partial charge in [-0.1, -0.05) is 243 Å². The zero-order chi connectivity index (χ0) is 53.4. The predicted molar refractivity (Wildman–Crippen MR) is 339 cm³/mol. The number of fused-ring (bicyclic) bond motifs is 13. The van der Waals surface area contributed by atoms with Crippen molar-refractivity contribution < 1.29 is 0 Å². The highest BCUT2D eigenvalue weighted by atomic mass is 15.1. The summed E-state index contributed by atoms with van der Waals surface area (Å²) in [6.07, 6.45) is 0. The topological polar surface area (TPSA) is 8.17 Å². The Morgan fingerprint density at radius 2 is 0.642 bits per heavy atom. The maximum atomic E-state index is 2.49. The van der Waals surface area contributed by atoms with Crippen molar-refractivity contribution in [3.63, 3.8) is 0 Å². The van der Waals surface area contributed by atoms with Gasteiger partial charge in [0, 0.05) is 33.5 Å². The third kappa shape index (κ3) is 7.42. The van der Waals surface area contributed by atoms with E-state index in [4.69, 9.17) is 0 Å². The lowest BCUT2D eigenvalue weighted by molar-refractivity contribution is 0.793. The fourth-order valence-electron chi connectivity index (χ4n) is 13.7. The van der Waals surface area contributed by atoms with Gasteiger partial charge >= 0.3 is 0 Å². The second kappa shape index (κ2) is 18.8. The van der Waals surface area contributed by atoms with Crippen LogP contribution in [-0.2, 0) is 5.41 Å². The summed E-state index contributed by atoms with van der Waals surface area (Å²) in [7, 11) is 0. The van der Waals surface area contributed by atoms with Gasteiger partial charge < -0.3 is 9.47 Å². The summed E-state index contributed by atoms with van der Waals surface area (Å²) in [5.41, 5.74) is 28.6. The first-order valence-corrected chi connectivity index (χ1v) is 28.1. The molecule has 2 nitrogen and oxygen atoms in total. The highest BCUT2D eigenvalue weighted by molar-refractivity contribution is 6.11. The van der Waals surface area contributed by atoms with Gasteiger partial charge in [-0.25, -0.2) is 0 Å². The summed E-state index contributed by atoms with van der Waals surface area (Å²) < 4.78 is 2.45. The Kier molecular flexibility index (Phi) is 10.8. The Bertz CT molecular complexity index is 4620. The lowest BCUT2D eigenvalue weighted by atomic mass is 9.70. The molecule has 378 valence electrons. The third-order valence-corrected chi connectivity index (χ3v) is 17.2. The van der Waals surface area contributed by atoms with Crippen molar-refractivity contribution >= 4 is 38.9 Å². The maximum absolute atomic E-state index is 2.49. The number of hydrogen-bond acceptors (Lipinski definition) is 1. The molecule has 0 radical (unpaired) electrons. The SMILES string of the molecule is c1ccc(-c2ccc(N(c3cccc(-c4ccccc4-c4ccc5c(c4)c4ccccc4n5-c4cc(-c5ccccc5)cc(-c5ccccc5)c4)c3)c3ccc4c(c3)C3(c5ccccc5-c5ccccc53)c3ccccc3-4)cc2)cc1. The molecule has 0 fully saturated rings. The summed E-state index contributed by atoms with van der Waals surface area (Å²) >= 11 is 0. The summed E-state index contributed by atoms with van der Waals surface area (Å²) in [5, 5.41) is 2.44. The number of benzene rings is 13. The van der Waals surface area contributed by atoms with Gasteiger partial charge in [-0.15, -0.1) is 0 Å². The Balaban J connectivity index is 0.844. The van der Waals surface area contributed by atoms with E-state index in [1.807, 2.05) is 0 Å². The molecule has 0 aliphatic heterocycles. The molecule has 0 bridgehead atoms. The minimum atomic E-state index is -0.469. The third-order valence-electron chi connectivity index (χ3n) is 17.2. The predicted octanol–water partition coefficient (Wildman–Crippen LogP) is 20.9. The Morgan fingerprint density at radius 1 is 0.222 bits per heavy atom. The molecule has 14 aromatic rings. The molecular formula is C79H52N2. The molecule has 0 N–H and O–H groups in total. The van der Waals surface area contributed by atoms with Crippen LogP contribution in [0.2, 0.25) is 0 Å². The molecule has 2 aliphatic carbocycles. The van der Waals surface area contributed by atoms with Crippen molar-refractivity contribution in [2.45, 2.75) is 5.41 Å². The molecule has 1 aromatic heterocycles. The molecule has 1 heterocycles. The van der Waals surface area contributed by atoms with Crippen LogP contribution in [0.25, 0.3) is 105 Å². The van der Waals surface area contributed by atoms with E-state index in [0.717, 1.165) is 28.3 Å². The van der Waals surface area contributed by atoms with Crippen LogP contribution in [0.3, 0.4) is 0 Å². The zero-order valence-corrected chi connectivity index (χ0v) is 44.4. The van der Waals surface area contributed by atoms with E-state index in [2.05, 4.69) is 325 Å². The fourth-order valence-corrected chi connectivity index (χ4v) is 13.7. The summed E-state index contributed by atoms with van der Waals surface area (Å²) in [4.78, 5) is 2.46. The zero-order valence-electron chi connectivity index (χ0n) is 44.4. The number of anilines is 3. The second-order valence-corrected chi connectivity index (χ2v) is 21.5. The minimum Gasteiger partial charge on any atom is -0.310 e. The van der Waals surface area contributed by atoms with Crippen molar-refractivity contribution in [1.82, 2.24) is 4.57 Å². The second-order valence-electron chi connectivity index (χ2n) is 21.5. The molecule has 2 aliphatic rings. The van der Waals surface area contributed by atoms with Gasteiger partial charge in [0.05, 0.1) is 16.4 Å². The first kappa shape index (κ1) is 46.5. The molecular weight excluding hydrogens is 977 g/mol.